The summed E-state index contributed by atoms with van der Waals surface area (Å²) in [5.41, 5.74) is 0.470. The van der Waals surface area contributed by atoms with Gasteiger partial charge in [0.2, 0.25) is 0 Å². The molecular formula is C20H21F3N4O2S. The summed E-state index contributed by atoms with van der Waals surface area (Å²) >= 11 is 1.36. The Kier molecular flexibility index (Phi) is 5.29. The maximum atomic E-state index is 13.7. The second-order valence-electron chi connectivity index (χ2n) is 7.47. The van der Waals surface area contributed by atoms with Gasteiger partial charge >= 0.3 is 6.18 Å². The van der Waals surface area contributed by atoms with Crippen molar-refractivity contribution in [3.05, 3.63) is 38.6 Å². The van der Waals surface area contributed by atoms with E-state index in [9.17, 15) is 18.0 Å². The summed E-state index contributed by atoms with van der Waals surface area (Å²) in [4.78, 5) is 23.6. The Morgan fingerprint density at radius 2 is 1.97 bits per heavy atom. The van der Waals surface area contributed by atoms with Crippen LogP contribution in [0.25, 0.3) is 11.1 Å². The number of aromatic nitrogens is 3. The van der Waals surface area contributed by atoms with Crippen molar-refractivity contribution in [3.63, 3.8) is 0 Å². The maximum absolute atomic E-state index is 13.7. The number of hydrogen-bond donors (Lipinski definition) is 0. The third kappa shape index (κ3) is 3.68. The molecule has 0 radical (unpaired) electrons. The Morgan fingerprint density at radius 3 is 2.53 bits per heavy atom. The maximum Gasteiger partial charge on any atom is 0.417 e. The van der Waals surface area contributed by atoms with Crippen molar-refractivity contribution in [2.24, 2.45) is 0 Å². The Morgan fingerprint density at radius 1 is 1.27 bits per heavy atom. The molecule has 0 atom stereocenters. The number of fused-ring (bicyclic) bond motifs is 1. The van der Waals surface area contributed by atoms with E-state index in [1.165, 1.54) is 11.3 Å². The minimum absolute atomic E-state index is 0.0570. The highest BCUT2D eigenvalue weighted by Crippen LogP contribution is 2.40. The monoisotopic (exact) mass is 438 g/mol. The van der Waals surface area contributed by atoms with E-state index in [0.717, 1.165) is 11.1 Å². The lowest BCUT2D eigenvalue weighted by molar-refractivity contribution is -0.136. The Labute approximate surface area is 175 Å². The summed E-state index contributed by atoms with van der Waals surface area (Å²) in [5.74, 6) is -0.304. The first-order valence-corrected chi connectivity index (χ1v) is 10.6. The topological polar surface area (TPSA) is 72.1 Å². The van der Waals surface area contributed by atoms with Crippen LogP contribution in [0.2, 0.25) is 0 Å². The lowest BCUT2D eigenvalue weighted by atomic mass is 9.90. The van der Waals surface area contributed by atoms with Crippen molar-refractivity contribution in [1.82, 2.24) is 20.0 Å². The number of carbonyl (C=O) groups is 1. The number of amides is 1. The zero-order valence-electron chi connectivity index (χ0n) is 16.8. The number of nitrogens with zero attached hydrogens (tertiary/aromatic N) is 4. The number of pyridine rings is 1. The molecule has 1 amide bonds. The van der Waals surface area contributed by atoms with E-state index < -0.39 is 11.7 Å². The second kappa shape index (κ2) is 7.64. The van der Waals surface area contributed by atoms with Crippen LogP contribution in [0.1, 0.15) is 63.0 Å². The third-order valence-corrected chi connectivity index (χ3v) is 6.52. The number of halogens is 3. The predicted octanol–water partition coefficient (Wildman–Crippen LogP) is 4.90. The Balaban J connectivity index is 1.59. The summed E-state index contributed by atoms with van der Waals surface area (Å²) in [6.45, 7) is 6.28. The molecule has 10 heteroatoms. The molecular weight excluding hydrogens is 417 g/mol. The second-order valence-corrected chi connectivity index (χ2v) is 8.68. The van der Waals surface area contributed by atoms with E-state index in [1.807, 2.05) is 6.92 Å². The highest BCUT2D eigenvalue weighted by Gasteiger charge is 2.38. The lowest BCUT2D eigenvalue weighted by Crippen LogP contribution is -2.38. The van der Waals surface area contributed by atoms with Crippen LogP contribution in [0.4, 0.5) is 13.2 Å². The van der Waals surface area contributed by atoms with Crippen LogP contribution in [-0.2, 0) is 12.6 Å². The van der Waals surface area contributed by atoms with Gasteiger partial charge in [0.25, 0.3) is 11.6 Å². The molecule has 1 fully saturated rings. The van der Waals surface area contributed by atoms with Gasteiger partial charge < -0.3 is 9.42 Å². The fourth-order valence-electron chi connectivity index (χ4n) is 3.94. The van der Waals surface area contributed by atoms with Crippen molar-refractivity contribution in [2.75, 3.05) is 13.1 Å². The molecule has 160 valence electrons. The normalized spacial score (nSPS) is 15.9. The van der Waals surface area contributed by atoms with E-state index in [2.05, 4.69) is 15.1 Å². The first kappa shape index (κ1) is 20.8. The number of alkyl halides is 3. The molecule has 6 nitrogen and oxygen atoms in total. The van der Waals surface area contributed by atoms with Gasteiger partial charge in [-0.25, -0.2) is 9.97 Å². The standard InChI is InChI=1S/C20H21F3N4O2S/c1-4-13-9-14(20(21,22)23)15-16(26-29-18(15)25-13)12-5-7-27(8-6-12)19(28)17-10(2)24-11(3)30-17/h9,12H,4-8H2,1-3H3. The molecule has 0 saturated carbocycles. The van der Waals surface area contributed by atoms with Crippen LogP contribution in [0, 0.1) is 13.8 Å². The summed E-state index contributed by atoms with van der Waals surface area (Å²) in [7, 11) is 0. The highest BCUT2D eigenvalue weighted by atomic mass is 32.1. The SMILES string of the molecule is CCc1cc(C(F)(F)F)c2c(C3CCN(C(=O)c4sc(C)nc4C)CC3)noc2n1. The molecule has 3 aromatic heterocycles. The minimum atomic E-state index is -4.52. The van der Waals surface area contributed by atoms with Crippen LogP contribution in [0.3, 0.4) is 0 Å². The Bertz CT molecular complexity index is 1100. The van der Waals surface area contributed by atoms with E-state index in [4.69, 9.17) is 4.52 Å². The minimum Gasteiger partial charge on any atom is -0.338 e. The number of thiazole rings is 1. The number of likely N-dealkylation sites (tertiary alicyclic amines) is 1. The third-order valence-electron chi connectivity index (χ3n) is 5.46. The van der Waals surface area contributed by atoms with Gasteiger partial charge in [-0.15, -0.1) is 11.3 Å². The number of aryl methyl sites for hydroxylation is 3. The smallest absolute Gasteiger partial charge is 0.338 e. The van der Waals surface area contributed by atoms with Crippen molar-refractivity contribution in [3.8, 4) is 0 Å². The van der Waals surface area contributed by atoms with Gasteiger partial charge in [-0.2, -0.15) is 13.2 Å². The predicted molar refractivity (Wildman–Crippen MR) is 106 cm³/mol. The van der Waals surface area contributed by atoms with Crippen molar-refractivity contribution >= 4 is 28.3 Å². The molecule has 0 unspecified atom stereocenters. The molecule has 0 aliphatic carbocycles. The van der Waals surface area contributed by atoms with Crippen molar-refractivity contribution in [2.45, 2.75) is 52.1 Å². The average molecular weight is 438 g/mol. The van der Waals surface area contributed by atoms with Gasteiger partial charge in [-0.3, -0.25) is 4.79 Å². The summed E-state index contributed by atoms with van der Waals surface area (Å²) < 4.78 is 46.3. The fourth-order valence-corrected chi connectivity index (χ4v) is 4.82. The first-order chi connectivity index (χ1) is 14.2. The lowest BCUT2D eigenvalue weighted by Gasteiger charge is -2.31. The first-order valence-electron chi connectivity index (χ1n) is 9.78. The molecule has 0 N–H and O–H groups in total. The van der Waals surface area contributed by atoms with Crippen LogP contribution in [0.15, 0.2) is 10.6 Å². The van der Waals surface area contributed by atoms with Crippen LogP contribution in [-0.4, -0.2) is 39.0 Å². The number of rotatable bonds is 3. The summed E-state index contributed by atoms with van der Waals surface area (Å²) in [6, 6.07) is 1.08. The van der Waals surface area contributed by atoms with Gasteiger partial charge in [-0.05, 0) is 39.2 Å². The molecule has 30 heavy (non-hydrogen) atoms. The van der Waals surface area contributed by atoms with E-state index in [0.29, 0.717) is 48.6 Å². The summed E-state index contributed by atoms with van der Waals surface area (Å²) in [6.07, 6.45) is -3.14. The molecule has 0 aromatic carbocycles. The molecule has 0 spiro atoms. The Hall–Kier alpha value is -2.49. The van der Waals surface area contributed by atoms with Crippen LogP contribution < -0.4 is 0 Å². The van der Waals surface area contributed by atoms with Crippen LogP contribution >= 0.6 is 11.3 Å². The quantitative estimate of drug-likeness (QED) is 0.582. The fraction of sp³-hybridized carbons (Fsp3) is 0.500. The zero-order chi connectivity index (χ0) is 21.6. The highest BCUT2D eigenvalue weighted by molar-refractivity contribution is 7.13. The van der Waals surface area contributed by atoms with Crippen molar-refractivity contribution < 1.29 is 22.5 Å². The van der Waals surface area contributed by atoms with E-state index in [1.54, 1.807) is 18.7 Å². The molecule has 4 heterocycles. The molecule has 3 aromatic rings. The van der Waals surface area contributed by atoms with Crippen LogP contribution in [0.5, 0.6) is 0 Å². The van der Waals surface area contributed by atoms with E-state index >= 15 is 0 Å². The van der Waals surface area contributed by atoms with Gasteiger partial charge in [0.05, 0.1) is 27.3 Å². The van der Waals surface area contributed by atoms with Gasteiger partial charge in [-0.1, -0.05) is 12.1 Å². The van der Waals surface area contributed by atoms with Gasteiger partial charge in [0, 0.05) is 24.7 Å². The number of piperidine rings is 1. The molecule has 1 saturated heterocycles. The van der Waals surface area contributed by atoms with Gasteiger partial charge in [0.15, 0.2) is 0 Å². The van der Waals surface area contributed by atoms with E-state index in [-0.39, 0.29) is 28.6 Å². The molecule has 1 aliphatic rings. The molecule has 0 bridgehead atoms. The largest absolute Gasteiger partial charge is 0.417 e. The number of carbonyl (C=O) groups excluding carboxylic acids is 1. The summed E-state index contributed by atoms with van der Waals surface area (Å²) in [5, 5.41) is 4.74. The molecule has 1 aliphatic heterocycles. The average Bonchev–Trinajstić information content (AvgIpc) is 3.28. The molecule has 4 rings (SSSR count). The van der Waals surface area contributed by atoms with Gasteiger partial charge in [0.1, 0.15) is 4.88 Å². The zero-order valence-corrected chi connectivity index (χ0v) is 17.7. The van der Waals surface area contributed by atoms with Crippen molar-refractivity contribution in [1.29, 1.82) is 0 Å². The number of hydrogen-bond acceptors (Lipinski definition) is 6.